The Balaban J connectivity index is 1.85. The molecule has 2 amide bonds. The summed E-state index contributed by atoms with van der Waals surface area (Å²) >= 11 is 0. The molecular formula is C19H15FN4O3. The second-order valence-electron chi connectivity index (χ2n) is 5.64. The van der Waals surface area contributed by atoms with Crippen LogP contribution < -0.4 is 16.3 Å². The summed E-state index contributed by atoms with van der Waals surface area (Å²) in [7, 11) is 0. The number of carbonyl (C=O) groups excluding carboxylic acids is 2. The van der Waals surface area contributed by atoms with Gasteiger partial charge in [-0.3, -0.25) is 25.2 Å². The molecule has 1 heterocycles. The van der Waals surface area contributed by atoms with E-state index in [1.54, 1.807) is 43.3 Å². The molecule has 8 heteroatoms. The molecule has 0 aliphatic heterocycles. The van der Waals surface area contributed by atoms with Gasteiger partial charge in [0, 0.05) is 17.3 Å². The van der Waals surface area contributed by atoms with Crippen LogP contribution in [0, 0.1) is 12.7 Å². The van der Waals surface area contributed by atoms with Crippen molar-refractivity contribution in [3.8, 4) is 5.69 Å². The summed E-state index contributed by atoms with van der Waals surface area (Å²) < 4.78 is 15.2. The van der Waals surface area contributed by atoms with E-state index in [9.17, 15) is 18.8 Å². The number of aryl methyl sites for hydroxylation is 1. The van der Waals surface area contributed by atoms with Crippen LogP contribution in [0.25, 0.3) is 5.69 Å². The standard InChI is InChI=1S/C19H15FN4O3/c1-12-11-16(25)17(23-24(12)15-10-6-5-9-14(15)20)19(27)22-21-18(26)13-7-3-2-4-8-13/h2-11H,1H3,(H,21,26)(H,22,27). The molecule has 2 aromatic carbocycles. The molecule has 0 saturated carbocycles. The van der Waals surface area contributed by atoms with E-state index in [0.29, 0.717) is 11.3 Å². The van der Waals surface area contributed by atoms with Crippen LogP contribution in [-0.2, 0) is 0 Å². The van der Waals surface area contributed by atoms with Crippen LogP contribution in [0.3, 0.4) is 0 Å². The molecule has 0 bridgehead atoms. The fourth-order valence-corrected chi connectivity index (χ4v) is 2.41. The van der Waals surface area contributed by atoms with Crippen molar-refractivity contribution in [2.24, 2.45) is 0 Å². The number of amides is 2. The molecule has 0 radical (unpaired) electrons. The van der Waals surface area contributed by atoms with E-state index < -0.39 is 28.8 Å². The molecule has 0 aliphatic rings. The first-order valence-corrected chi connectivity index (χ1v) is 7.99. The van der Waals surface area contributed by atoms with Crippen molar-refractivity contribution in [2.75, 3.05) is 0 Å². The van der Waals surface area contributed by atoms with Crippen molar-refractivity contribution in [1.29, 1.82) is 0 Å². The van der Waals surface area contributed by atoms with Gasteiger partial charge in [0.25, 0.3) is 11.8 Å². The average Bonchev–Trinajstić information content (AvgIpc) is 2.67. The molecule has 0 saturated heterocycles. The molecule has 136 valence electrons. The molecule has 1 aromatic heterocycles. The molecule has 3 aromatic rings. The number of halogens is 1. The number of rotatable bonds is 3. The second-order valence-corrected chi connectivity index (χ2v) is 5.64. The van der Waals surface area contributed by atoms with E-state index >= 15 is 0 Å². The lowest BCUT2D eigenvalue weighted by molar-refractivity contribution is 0.0842. The van der Waals surface area contributed by atoms with Crippen molar-refractivity contribution < 1.29 is 14.0 Å². The Hall–Kier alpha value is -3.81. The zero-order chi connectivity index (χ0) is 19.4. The predicted molar refractivity (Wildman–Crippen MR) is 95.9 cm³/mol. The molecule has 0 unspecified atom stereocenters. The monoisotopic (exact) mass is 366 g/mol. The zero-order valence-corrected chi connectivity index (χ0v) is 14.3. The number of aromatic nitrogens is 2. The summed E-state index contributed by atoms with van der Waals surface area (Å²) in [6.45, 7) is 1.57. The fourth-order valence-electron chi connectivity index (χ4n) is 2.41. The quantitative estimate of drug-likeness (QED) is 0.691. The normalized spacial score (nSPS) is 10.3. The number of benzene rings is 2. The molecule has 0 fully saturated rings. The minimum Gasteiger partial charge on any atom is -0.287 e. The van der Waals surface area contributed by atoms with E-state index in [-0.39, 0.29) is 5.69 Å². The van der Waals surface area contributed by atoms with Gasteiger partial charge in [0.2, 0.25) is 5.43 Å². The van der Waals surface area contributed by atoms with E-state index in [4.69, 9.17) is 0 Å². The van der Waals surface area contributed by atoms with E-state index in [2.05, 4.69) is 16.0 Å². The molecular weight excluding hydrogens is 351 g/mol. The lowest BCUT2D eigenvalue weighted by atomic mass is 10.2. The van der Waals surface area contributed by atoms with Crippen molar-refractivity contribution >= 4 is 11.8 Å². The van der Waals surface area contributed by atoms with Crippen molar-refractivity contribution in [1.82, 2.24) is 20.6 Å². The summed E-state index contributed by atoms with van der Waals surface area (Å²) in [6, 6.07) is 15.2. The highest BCUT2D eigenvalue weighted by atomic mass is 19.1. The number of nitrogens with zero attached hydrogens (tertiary/aromatic N) is 2. The third kappa shape index (κ3) is 3.90. The number of hydrazine groups is 1. The first-order chi connectivity index (χ1) is 13.0. The lowest BCUT2D eigenvalue weighted by Gasteiger charge is -2.12. The Labute approximate surface area is 153 Å². The Morgan fingerprint density at radius 1 is 0.963 bits per heavy atom. The van der Waals surface area contributed by atoms with E-state index in [1.807, 2.05) is 0 Å². The molecule has 3 rings (SSSR count). The lowest BCUT2D eigenvalue weighted by Crippen LogP contribution is -2.44. The van der Waals surface area contributed by atoms with E-state index in [0.717, 1.165) is 4.68 Å². The topological polar surface area (TPSA) is 93.1 Å². The summed E-state index contributed by atoms with van der Waals surface area (Å²) in [6.07, 6.45) is 0. The van der Waals surface area contributed by atoms with Gasteiger partial charge >= 0.3 is 0 Å². The summed E-state index contributed by atoms with van der Waals surface area (Å²) in [5.74, 6) is -2.01. The van der Waals surface area contributed by atoms with Gasteiger partial charge in [0.15, 0.2) is 5.69 Å². The van der Waals surface area contributed by atoms with Gasteiger partial charge in [0.1, 0.15) is 11.5 Å². The minimum atomic E-state index is -0.908. The number of hydrogen-bond donors (Lipinski definition) is 2. The largest absolute Gasteiger partial charge is 0.294 e. The summed E-state index contributed by atoms with van der Waals surface area (Å²) in [4.78, 5) is 36.4. The number of carbonyl (C=O) groups is 2. The smallest absolute Gasteiger partial charge is 0.287 e. The molecule has 27 heavy (non-hydrogen) atoms. The van der Waals surface area contributed by atoms with Crippen LogP contribution in [0.5, 0.6) is 0 Å². The maximum Gasteiger partial charge on any atom is 0.294 e. The molecule has 2 N–H and O–H groups in total. The van der Waals surface area contributed by atoms with Crippen molar-refractivity contribution in [3.63, 3.8) is 0 Å². The summed E-state index contributed by atoms with van der Waals surface area (Å²) in [5.41, 5.74) is 4.01. The predicted octanol–water partition coefficient (Wildman–Crippen LogP) is 1.75. The molecule has 0 aliphatic carbocycles. The fraction of sp³-hybridized carbons (Fsp3) is 0.0526. The Morgan fingerprint density at radius 2 is 1.59 bits per heavy atom. The van der Waals surface area contributed by atoms with Crippen LogP contribution in [-0.4, -0.2) is 21.6 Å². The highest BCUT2D eigenvalue weighted by molar-refractivity contribution is 5.98. The third-order valence-corrected chi connectivity index (χ3v) is 3.73. The highest BCUT2D eigenvalue weighted by Crippen LogP contribution is 2.13. The van der Waals surface area contributed by atoms with Gasteiger partial charge in [-0.1, -0.05) is 30.3 Å². The molecule has 7 nitrogen and oxygen atoms in total. The SMILES string of the molecule is Cc1cc(=O)c(C(=O)NNC(=O)c2ccccc2)nn1-c1ccccc1F. The van der Waals surface area contributed by atoms with Crippen molar-refractivity contribution in [2.45, 2.75) is 6.92 Å². The first-order valence-electron chi connectivity index (χ1n) is 7.99. The summed E-state index contributed by atoms with van der Waals surface area (Å²) in [5, 5.41) is 3.95. The number of hydrogen-bond acceptors (Lipinski definition) is 4. The van der Waals surface area contributed by atoms with Crippen LogP contribution in [0.15, 0.2) is 65.5 Å². The third-order valence-electron chi connectivity index (χ3n) is 3.73. The minimum absolute atomic E-state index is 0.0948. The Kier molecular flexibility index (Phi) is 5.07. The molecule has 0 spiro atoms. The maximum absolute atomic E-state index is 14.0. The van der Waals surface area contributed by atoms with Gasteiger partial charge in [-0.25, -0.2) is 9.07 Å². The highest BCUT2D eigenvalue weighted by Gasteiger charge is 2.17. The van der Waals surface area contributed by atoms with Gasteiger partial charge in [-0.05, 0) is 31.2 Å². The van der Waals surface area contributed by atoms with Crippen molar-refractivity contribution in [3.05, 3.63) is 93.7 Å². The zero-order valence-electron chi connectivity index (χ0n) is 14.3. The van der Waals surface area contributed by atoms with Crippen LogP contribution in [0.1, 0.15) is 26.5 Å². The average molecular weight is 366 g/mol. The van der Waals surface area contributed by atoms with Gasteiger partial charge in [0.05, 0.1) is 0 Å². The van der Waals surface area contributed by atoms with Crippen LogP contribution in [0.4, 0.5) is 4.39 Å². The van der Waals surface area contributed by atoms with Gasteiger partial charge in [-0.15, -0.1) is 0 Å². The van der Waals surface area contributed by atoms with Crippen LogP contribution in [0.2, 0.25) is 0 Å². The Bertz CT molecular complexity index is 1060. The van der Waals surface area contributed by atoms with Crippen LogP contribution >= 0.6 is 0 Å². The van der Waals surface area contributed by atoms with Gasteiger partial charge in [-0.2, -0.15) is 5.10 Å². The maximum atomic E-state index is 14.0. The number of nitrogens with one attached hydrogen (secondary N) is 2. The Morgan fingerprint density at radius 3 is 2.30 bits per heavy atom. The molecule has 0 atom stereocenters. The first kappa shape index (κ1) is 18.0. The van der Waals surface area contributed by atoms with E-state index in [1.165, 1.54) is 24.3 Å². The number of para-hydroxylation sites is 1. The van der Waals surface area contributed by atoms with Gasteiger partial charge < -0.3 is 0 Å². The second kappa shape index (κ2) is 7.61.